The van der Waals surface area contributed by atoms with Gasteiger partial charge in [-0.05, 0) is 24.3 Å². The molecular formula is C13H11NOS. The number of hydrogen-bond donors (Lipinski definition) is 1. The summed E-state index contributed by atoms with van der Waals surface area (Å²) in [7, 11) is -2.42. The van der Waals surface area contributed by atoms with E-state index < -0.39 is 7.04 Å². The zero-order chi connectivity index (χ0) is 13.5. The zero-order valence-corrected chi connectivity index (χ0v) is 9.17. The van der Waals surface area contributed by atoms with Crippen LogP contribution in [0.3, 0.4) is 0 Å². The third-order valence-electron chi connectivity index (χ3n) is 2.45. The molecule has 0 saturated carbocycles. The largest absolute Gasteiger partial charge is 0.497 e. The van der Waals surface area contributed by atoms with Gasteiger partial charge in [0.15, 0.2) is 0 Å². The van der Waals surface area contributed by atoms with Crippen molar-refractivity contribution in [2.75, 3.05) is 12.4 Å². The fourth-order valence-electron chi connectivity index (χ4n) is 1.68. The molecule has 2 aromatic rings. The summed E-state index contributed by atoms with van der Waals surface area (Å²) in [5.74, 6) is 0.339. The van der Waals surface area contributed by atoms with Crippen LogP contribution in [0, 0.1) is 0 Å². The third kappa shape index (κ3) is 1.53. The Bertz CT molecular complexity index is 628. The summed E-state index contributed by atoms with van der Waals surface area (Å²) < 4.78 is 26.2. The minimum atomic E-state index is -2.42. The Labute approximate surface area is 103 Å². The van der Waals surface area contributed by atoms with Crippen LogP contribution in [0.2, 0.25) is 0 Å². The van der Waals surface area contributed by atoms with Gasteiger partial charge in [0.1, 0.15) is 5.75 Å². The smallest absolute Gasteiger partial charge is 0.121 e. The standard InChI is InChI=1S/C13H11NOS/c1-15-9-6-7-13-11(8-9)14-10-4-2-3-5-12(10)16-13/h2-8,14H,1H3/i1D3. The molecule has 0 radical (unpaired) electrons. The molecule has 3 rings (SSSR count). The molecule has 2 nitrogen and oxygen atoms in total. The minimum Gasteiger partial charge on any atom is -0.497 e. The molecule has 0 bridgehead atoms. The lowest BCUT2D eigenvalue weighted by molar-refractivity contribution is 0.414. The van der Waals surface area contributed by atoms with Gasteiger partial charge < -0.3 is 10.1 Å². The van der Waals surface area contributed by atoms with E-state index >= 15 is 0 Å². The molecule has 80 valence electrons. The van der Waals surface area contributed by atoms with Crippen molar-refractivity contribution >= 4 is 23.1 Å². The van der Waals surface area contributed by atoms with E-state index in [0.717, 1.165) is 21.2 Å². The molecule has 1 N–H and O–H groups in total. The van der Waals surface area contributed by atoms with Crippen molar-refractivity contribution in [1.82, 2.24) is 0 Å². The van der Waals surface area contributed by atoms with Crippen LogP contribution in [0.25, 0.3) is 0 Å². The molecule has 0 amide bonds. The van der Waals surface area contributed by atoms with Crippen LogP contribution in [0.15, 0.2) is 52.3 Å². The lowest BCUT2D eigenvalue weighted by Gasteiger charge is -2.20. The van der Waals surface area contributed by atoms with Gasteiger partial charge in [-0.3, -0.25) is 0 Å². The van der Waals surface area contributed by atoms with E-state index in [-0.39, 0.29) is 0 Å². The van der Waals surface area contributed by atoms with Gasteiger partial charge in [-0.25, -0.2) is 0 Å². The Kier molecular flexibility index (Phi) is 1.61. The van der Waals surface area contributed by atoms with Crippen molar-refractivity contribution in [2.45, 2.75) is 9.79 Å². The Balaban J connectivity index is 1.92. The van der Waals surface area contributed by atoms with Crippen LogP contribution in [0.5, 0.6) is 5.75 Å². The molecule has 1 heterocycles. The third-order valence-corrected chi connectivity index (χ3v) is 3.60. The summed E-state index contributed by atoms with van der Waals surface area (Å²) in [6, 6.07) is 13.2. The normalized spacial score (nSPS) is 15.9. The Morgan fingerprint density at radius 2 is 2.00 bits per heavy atom. The SMILES string of the molecule is [2H]C([2H])([2H])Oc1ccc2c(c1)Nc1ccccc1S2. The first kappa shape index (κ1) is 6.86. The molecule has 1 aliphatic rings. The molecule has 16 heavy (non-hydrogen) atoms. The number of methoxy groups -OCH3 is 1. The number of rotatable bonds is 1. The molecule has 0 spiro atoms. The monoisotopic (exact) mass is 232 g/mol. The molecular weight excluding hydrogens is 218 g/mol. The first-order chi connectivity index (χ1) is 9.01. The Morgan fingerprint density at radius 1 is 1.12 bits per heavy atom. The number of fused-ring (bicyclic) bond motifs is 2. The van der Waals surface area contributed by atoms with Crippen LogP contribution in [-0.4, -0.2) is 7.04 Å². The van der Waals surface area contributed by atoms with E-state index in [1.807, 2.05) is 30.3 Å². The van der Waals surface area contributed by atoms with E-state index in [1.165, 1.54) is 0 Å². The molecule has 0 aromatic heterocycles. The summed E-state index contributed by atoms with van der Waals surface area (Å²) in [6.07, 6.45) is 0. The number of anilines is 2. The lowest BCUT2D eigenvalue weighted by Crippen LogP contribution is -1.99. The summed E-state index contributed by atoms with van der Waals surface area (Å²) in [4.78, 5) is 2.20. The number of nitrogens with one attached hydrogen (secondary N) is 1. The average molecular weight is 232 g/mol. The highest BCUT2D eigenvalue weighted by Gasteiger charge is 2.15. The van der Waals surface area contributed by atoms with Gasteiger partial charge in [-0.1, -0.05) is 23.9 Å². The van der Waals surface area contributed by atoms with Crippen molar-refractivity contribution in [2.24, 2.45) is 0 Å². The topological polar surface area (TPSA) is 21.3 Å². The van der Waals surface area contributed by atoms with Crippen LogP contribution in [-0.2, 0) is 0 Å². The van der Waals surface area contributed by atoms with E-state index in [0.29, 0.717) is 5.75 Å². The molecule has 0 unspecified atom stereocenters. The molecule has 2 aromatic carbocycles. The minimum absolute atomic E-state index is 0.339. The van der Waals surface area contributed by atoms with E-state index in [2.05, 4.69) is 5.32 Å². The van der Waals surface area contributed by atoms with Gasteiger partial charge in [0.2, 0.25) is 0 Å². The predicted octanol–water partition coefficient (Wildman–Crippen LogP) is 3.90. The van der Waals surface area contributed by atoms with Crippen molar-refractivity contribution in [3.05, 3.63) is 42.5 Å². The van der Waals surface area contributed by atoms with Crippen molar-refractivity contribution < 1.29 is 8.85 Å². The maximum absolute atomic E-state index is 7.11. The number of ether oxygens (including phenoxy) is 1. The van der Waals surface area contributed by atoms with Crippen LogP contribution in [0.4, 0.5) is 11.4 Å². The molecule has 3 heteroatoms. The van der Waals surface area contributed by atoms with Gasteiger partial charge >= 0.3 is 0 Å². The zero-order valence-electron chi connectivity index (χ0n) is 11.4. The second kappa shape index (κ2) is 3.76. The van der Waals surface area contributed by atoms with E-state index in [4.69, 9.17) is 8.85 Å². The van der Waals surface area contributed by atoms with Gasteiger partial charge in [0.25, 0.3) is 0 Å². The van der Waals surface area contributed by atoms with E-state index in [1.54, 1.807) is 23.9 Å². The van der Waals surface area contributed by atoms with Gasteiger partial charge in [-0.15, -0.1) is 0 Å². The molecule has 0 aliphatic carbocycles. The maximum atomic E-state index is 7.11. The molecule has 0 saturated heterocycles. The van der Waals surface area contributed by atoms with E-state index in [9.17, 15) is 0 Å². The lowest BCUT2D eigenvalue weighted by atomic mass is 10.2. The highest BCUT2D eigenvalue weighted by atomic mass is 32.2. The van der Waals surface area contributed by atoms with Crippen molar-refractivity contribution in [3.63, 3.8) is 0 Å². The summed E-state index contributed by atoms with van der Waals surface area (Å²) in [6.45, 7) is 0. The van der Waals surface area contributed by atoms with Crippen molar-refractivity contribution in [1.29, 1.82) is 0 Å². The van der Waals surface area contributed by atoms with Crippen LogP contribution < -0.4 is 10.1 Å². The highest BCUT2D eigenvalue weighted by molar-refractivity contribution is 7.99. The summed E-state index contributed by atoms with van der Waals surface area (Å²) >= 11 is 1.65. The fraction of sp³-hybridized carbons (Fsp3) is 0.0769. The second-order valence-electron chi connectivity index (χ2n) is 3.48. The van der Waals surface area contributed by atoms with Crippen molar-refractivity contribution in [3.8, 4) is 5.75 Å². The first-order valence-electron chi connectivity index (χ1n) is 6.38. The Morgan fingerprint density at radius 3 is 2.94 bits per heavy atom. The van der Waals surface area contributed by atoms with Crippen LogP contribution in [0.1, 0.15) is 4.11 Å². The summed E-state index contributed by atoms with van der Waals surface area (Å²) in [5, 5.41) is 3.28. The number of hydrogen-bond acceptors (Lipinski definition) is 3. The van der Waals surface area contributed by atoms with Crippen LogP contribution >= 0.6 is 11.8 Å². The molecule has 0 atom stereocenters. The number of para-hydroxylation sites is 1. The molecule has 0 fully saturated rings. The predicted molar refractivity (Wildman–Crippen MR) is 66.8 cm³/mol. The quantitative estimate of drug-likeness (QED) is 0.687. The maximum Gasteiger partial charge on any atom is 0.121 e. The summed E-state index contributed by atoms with van der Waals surface area (Å²) in [5.41, 5.74) is 1.89. The average Bonchev–Trinajstić information content (AvgIpc) is 2.34. The first-order valence-corrected chi connectivity index (χ1v) is 5.70. The Hall–Kier alpha value is -1.61. The molecule has 1 aliphatic heterocycles. The van der Waals surface area contributed by atoms with Gasteiger partial charge in [-0.2, -0.15) is 0 Å². The van der Waals surface area contributed by atoms with Gasteiger partial charge in [0, 0.05) is 15.9 Å². The number of benzene rings is 2. The van der Waals surface area contributed by atoms with Gasteiger partial charge in [0.05, 0.1) is 22.5 Å². The highest BCUT2D eigenvalue weighted by Crippen LogP contribution is 2.44. The fourth-order valence-corrected chi connectivity index (χ4v) is 2.65. The second-order valence-corrected chi connectivity index (χ2v) is 4.57.